The van der Waals surface area contributed by atoms with Gasteiger partial charge in [-0.05, 0) is 18.9 Å². The molecule has 1 aromatic rings. The van der Waals surface area contributed by atoms with Crippen molar-refractivity contribution in [1.82, 2.24) is 0 Å². The molecule has 0 aromatic heterocycles. The summed E-state index contributed by atoms with van der Waals surface area (Å²) in [6.45, 7) is 1.63. The van der Waals surface area contributed by atoms with Crippen molar-refractivity contribution in [3.8, 4) is 0 Å². The van der Waals surface area contributed by atoms with Crippen molar-refractivity contribution in [2.45, 2.75) is 25.9 Å². The average Bonchev–Trinajstić information content (AvgIpc) is 2.35. The normalized spacial score (nSPS) is 11.9. The lowest BCUT2D eigenvalue weighted by atomic mass is 10.0. The second kappa shape index (κ2) is 6.11. The highest BCUT2D eigenvalue weighted by molar-refractivity contribution is 5.69. The molecule has 0 aliphatic carbocycles. The van der Waals surface area contributed by atoms with Gasteiger partial charge in [-0.3, -0.25) is 14.9 Å². The minimum absolute atomic E-state index is 0.0374. The smallest absolute Gasteiger partial charge is 0.305 e. The molecule has 0 heterocycles. The molecule has 0 fully saturated rings. The Labute approximate surface area is 104 Å². The molecule has 1 atom stereocenters. The van der Waals surface area contributed by atoms with Crippen LogP contribution in [0.25, 0.3) is 0 Å². The molecule has 0 amide bonds. The van der Waals surface area contributed by atoms with E-state index in [1.807, 2.05) is 0 Å². The molecule has 1 unspecified atom stereocenters. The van der Waals surface area contributed by atoms with Gasteiger partial charge in [0.05, 0.1) is 18.1 Å². The number of nitro groups is 1. The number of hydrogen-bond donors (Lipinski definition) is 1. The Kier molecular flexibility index (Phi) is 4.79. The molecule has 0 aliphatic heterocycles. The molecule has 1 aromatic carbocycles. The first-order valence-electron chi connectivity index (χ1n) is 5.45. The van der Waals surface area contributed by atoms with E-state index in [9.17, 15) is 20.0 Å². The highest BCUT2D eigenvalue weighted by Crippen LogP contribution is 2.25. The highest BCUT2D eigenvalue weighted by Gasteiger charge is 2.16. The van der Waals surface area contributed by atoms with Gasteiger partial charge in [-0.15, -0.1) is 0 Å². The summed E-state index contributed by atoms with van der Waals surface area (Å²) < 4.78 is 4.46. The van der Waals surface area contributed by atoms with Crippen LogP contribution in [0.3, 0.4) is 0 Å². The minimum atomic E-state index is -0.914. The molecule has 18 heavy (non-hydrogen) atoms. The summed E-state index contributed by atoms with van der Waals surface area (Å²) in [5.74, 6) is -0.421. The first-order valence-corrected chi connectivity index (χ1v) is 5.45. The number of aryl methyl sites for hydroxylation is 1. The molecule has 1 N–H and O–H groups in total. The maximum Gasteiger partial charge on any atom is 0.305 e. The second-order valence-electron chi connectivity index (χ2n) is 3.93. The maximum absolute atomic E-state index is 10.9. The van der Waals surface area contributed by atoms with Gasteiger partial charge in [0.2, 0.25) is 0 Å². The number of ether oxygens (including phenoxy) is 1. The van der Waals surface area contributed by atoms with E-state index in [1.54, 1.807) is 19.1 Å². The Morgan fingerprint density at radius 3 is 2.78 bits per heavy atom. The molecule has 0 saturated carbocycles. The predicted octanol–water partition coefficient (Wildman–Crippen LogP) is 1.89. The lowest BCUT2D eigenvalue weighted by Gasteiger charge is -2.10. The van der Waals surface area contributed by atoms with Crippen molar-refractivity contribution >= 4 is 11.7 Å². The van der Waals surface area contributed by atoms with Crippen molar-refractivity contribution in [3.05, 3.63) is 39.4 Å². The number of carbonyl (C=O) groups excluding carboxylic acids is 1. The molecule has 0 aliphatic rings. The Balaban J connectivity index is 2.80. The zero-order valence-corrected chi connectivity index (χ0v) is 10.3. The first-order chi connectivity index (χ1) is 8.45. The van der Waals surface area contributed by atoms with Crippen LogP contribution in [0.4, 0.5) is 5.69 Å². The van der Waals surface area contributed by atoms with Crippen LogP contribution in [-0.2, 0) is 9.53 Å². The monoisotopic (exact) mass is 253 g/mol. The number of methoxy groups -OCH3 is 1. The van der Waals surface area contributed by atoms with Crippen LogP contribution in [0.15, 0.2) is 18.2 Å². The molecule has 1 rings (SSSR count). The van der Waals surface area contributed by atoms with E-state index in [2.05, 4.69) is 4.74 Å². The molecule has 0 radical (unpaired) electrons. The van der Waals surface area contributed by atoms with Crippen molar-refractivity contribution < 1.29 is 19.6 Å². The molecule has 0 bridgehead atoms. The number of rotatable bonds is 5. The van der Waals surface area contributed by atoms with Crippen molar-refractivity contribution in [2.24, 2.45) is 0 Å². The maximum atomic E-state index is 10.9. The Morgan fingerprint density at radius 1 is 1.56 bits per heavy atom. The molecular weight excluding hydrogens is 238 g/mol. The summed E-state index contributed by atoms with van der Waals surface area (Å²) in [7, 11) is 1.27. The largest absolute Gasteiger partial charge is 0.469 e. The number of aliphatic hydroxyl groups excluding tert-OH is 1. The summed E-state index contributed by atoms with van der Waals surface area (Å²) >= 11 is 0. The number of carbonyl (C=O) groups is 1. The Bertz CT molecular complexity index is 458. The van der Waals surface area contributed by atoms with E-state index in [1.165, 1.54) is 13.2 Å². The zero-order chi connectivity index (χ0) is 13.7. The van der Waals surface area contributed by atoms with Gasteiger partial charge in [0.1, 0.15) is 0 Å². The fraction of sp³-hybridized carbons (Fsp3) is 0.417. The lowest BCUT2D eigenvalue weighted by molar-refractivity contribution is -0.385. The van der Waals surface area contributed by atoms with E-state index < -0.39 is 17.0 Å². The van der Waals surface area contributed by atoms with Gasteiger partial charge in [-0.25, -0.2) is 0 Å². The standard InChI is InChI=1S/C12H15NO5/c1-8-3-4-9(7-10(8)13(16)17)11(14)5-6-12(15)18-2/h3-4,7,11,14H,5-6H2,1-2H3. The Morgan fingerprint density at radius 2 is 2.22 bits per heavy atom. The Hall–Kier alpha value is -1.95. The van der Waals surface area contributed by atoms with Crippen LogP contribution in [0, 0.1) is 17.0 Å². The van der Waals surface area contributed by atoms with Gasteiger partial charge >= 0.3 is 5.97 Å². The third kappa shape index (κ3) is 3.53. The molecule has 6 heteroatoms. The van der Waals surface area contributed by atoms with E-state index in [4.69, 9.17) is 0 Å². The van der Waals surface area contributed by atoms with Gasteiger partial charge in [-0.2, -0.15) is 0 Å². The van der Waals surface area contributed by atoms with E-state index in [0.717, 1.165) is 0 Å². The average molecular weight is 253 g/mol. The van der Waals surface area contributed by atoms with Crippen LogP contribution >= 0.6 is 0 Å². The molecular formula is C12H15NO5. The van der Waals surface area contributed by atoms with Gasteiger partial charge in [0.15, 0.2) is 0 Å². The summed E-state index contributed by atoms with van der Waals surface area (Å²) in [6, 6.07) is 4.52. The number of benzene rings is 1. The summed E-state index contributed by atoms with van der Waals surface area (Å²) in [4.78, 5) is 21.2. The zero-order valence-electron chi connectivity index (χ0n) is 10.3. The van der Waals surface area contributed by atoms with Crippen molar-refractivity contribution in [1.29, 1.82) is 0 Å². The quantitative estimate of drug-likeness (QED) is 0.491. The van der Waals surface area contributed by atoms with Crippen LogP contribution in [0.5, 0.6) is 0 Å². The third-order valence-corrected chi connectivity index (χ3v) is 2.66. The fourth-order valence-corrected chi connectivity index (χ4v) is 1.55. The molecule has 0 saturated heterocycles. The summed E-state index contributed by atoms with van der Waals surface area (Å²) in [6.07, 6.45) is -0.671. The van der Waals surface area contributed by atoms with Gasteiger partial charge < -0.3 is 9.84 Å². The van der Waals surface area contributed by atoms with Gasteiger partial charge in [-0.1, -0.05) is 12.1 Å². The topological polar surface area (TPSA) is 89.7 Å². The molecule has 0 spiro atoms. The van der Waals surface area contributed by atoms with Crippen LogP contribution in [0.1, 0.15) is 30.1 Å². The molecule has 98 valence electrons. The fourth-order valence-electron chi connectivity index (χ4n) is 1.55. The number of hydrogen-bond acceptors (Lipinski definition) is 5. The van der Waals surface area contributed by atoms with Gasteiger partial charge in [0, 0.05) is 18.1 Å². The van der Waals surface area contributed by atoms with Gasteiger partial charge in [0.25, 0.3) is 5.69 Å². The second-order valence-corrected chi connectivity index (χ2v) is 3.93. The number of aliphatic hydroxyl groups is 1. The van der Waals surface area contributed by atoms with Crippen LogP contribution < -0.4 is 0 Å². The summed E-state index contributed by atoms with van der Waals surface area (Å²) in [5.41, 5.74) is 0.921. The number of nitro benzene ring substituents is 1. The van der Waals surface area contributed by atoms with E-state index >= 15 is 0 Å². The van der Waals surface area contributed by atoms with E-state index in [-0.39, 0.29) is 18.5 Å². The van der Waals surface area contributed by atoms with Crippen molar-refractivity contribution in [3.63, 3.8) is 0 Å². The van der Waals surface area contributed by atoms with Crippen LogP contribution in [0.2, 0.25) is 0 Å². The predicted molar refractivity (Wildman–Crippen MR) is 64.0 cm³/mol. The third-order valence-electron chi connectivity index (χ3n) is 2.66. The van der Waals surface area contributed by atoms with Crippen LogP contribution in [-0.4, -0.2) is 23.1 Å². The first kappa shape index (κ1) is 14.1. The number of nitrogens with zero attached hydrogens (tertiary/aromatic N) is 1. The highest BCUT2D eigenvalue weighted by atomic mass is 16.6. The minimum Gasteiger partial charge on any atom is -0.469 e. The summed E-state index contributed by atoms with van der Waals surface area (Å²) in [5, 5.41) is 20.6. The van der Waals surface area contributed by atoms with Crippen molar-refractivity contribution in [2.75, 3.05) is 7.11 Å². The van der Waals surface area contributed by atoms with E-state index in [0.29, 0.717) is 11.1 Å². The number of esters is 1. The molecule has 6 nitrogen and oxygen atoms in total. The lowest BCUT2D eigenvalue weighted by Crippen LogP contribution is -2.05. The SMILES string of the molecule is COC(=O)CCC(O)c1ccc(C)c([N+](=O)[O-])c1.